The summed E-state index contributed by atoms with van der Waals surface area (Å²) < 4.78 is 0. The van der Waals surface area contributed by atoms with Crippen molar-refractivity contribution in [3.05, 3.63) is 58.8 Å². The van der Waals surface area contributed by atoms with Gasteiger partial charge in [-0.1, -0.05) is 35.3 Å². The van der Waals surface area contributed by atoms with E-state index in [1.807, 2.05) is 42.6 Å². The summed E-state index contributed by atoms with van der Waals surface area (Å²) in [6.45, 7) is 0. The summed E-state index contributed by atoms with van der Waals surface area (Å²) in [5.74, 6) is 0. The molecule has 0 bridgehead atoms. The molecule has 0 unspecified atom stereocenters. The molecule has 0 saturated carbocycles. The molecule has 4 aromatic rings. The van der Waals surface area contributed by atoms with Gasteiger partial charge in [0.15, 0.2) is 0 Å². The average molecular weight is 299 g/mol. The summed E-state index contributed by atoms with van der Waals surface area (Å²) in [5.41, 5.74) is 1.68. The fourth-order valence-electron chi connectivity index (χ4n) is 2.50. The molecule has 0 radical (unpaired) electrons. The van der Waals surface area contributed by atoms with Crippen molar-refractivity contribution in [2.45, 2.75) is 0 Å². The van der Waals surface area contributed by atoms with Gasteiger partial charge in [0.25, 0.3) is 0 Å². The van der Waals surface area contributed by atoms with Crippen LogP contribution in [0.4, 0.5) is 0 Å². The largest absolute Gasteiger partial charge is 0.264 e. The monoisotopic (exact) mass is 298 g/mol. The molecule has 0 aliphatic heterocycles. The molecule has 0 aliphatic rings. The first-order valence-corrected chi connectivity index (χ1v) is 6.91. The van der Waals surface area contributed by atoms with E-state index < -0.39 is 0 Å². The third-order valence-corrected chi connectivity index (χ3v) is 4.10. The molecule has 2 aromatic carbocycles. The second-order valence-electron chi connectivity index (χ2n) is 4.65. The average Bonchev–Trinajstić information content (AvgIpc) is 2.47. The Bertz CT molecular complexity index is 980. The lowest BCUT2D eigenvalue weighted by atomic mass is 10.1. The van der Waals surface area contributed by atoms with E-state index in [0.29, 0.717) is 10.0 Å². The van der Waals surface area contributed by atoms with E-state index in [2.05, 4.69) is 4.98 Å². The van der Waals surface area contributed by atoms with Crippen molar-refractivity contribution in [3.63, 3.8) is 0 Å². The molecule has 0 amide bonds. The summed E-state index contributed by atoms with van der Waals surface area (Å²) >= 11 is 12.6. The number of pyridine rings is 2. The first-order valence-electron chi connectivity index (χ1n) is 6.15. The first kappa shape index (κ1) is 11.9. The molecule has 0 saturated heterocycles. The number of hydrogen-bond acceptors (Lipinski definition) is 2. The number of nitrogens with zero attached hydrogens (tertiary/aromatic N) is 2. The second-order valence-corrected chi connectivity index (χ2v) is 5.46. The maximum absolute atomic E-state index is 6.53. The van der Waals surface area contributed by atoms with Crippen LogP contribution in [0.1, 0.15) is 0 Å². The summed E-state index contributed by atoms with van der Waals surface area (Å²) in [7, 11) is 0. The van der Waals surface area contributed by atoms with Gasteiger partial charge in [-0.25, -0.2) is 4.98 Å². The maximum Gasteiger partial charge on any atom is 0.0804 e. The molecule has 96 valence electrons. The molecule has 0 fully saturated rings. The molecule has 2 heterocycles. The van der Waals surface area contributed by atoms with Crippen LogP contribution in [-0.4, -0.2) is 9.97 Å². The van der Waals surface area contributed by atoms with Crippen LogP contribution >= 0.6 is 23.2 Å². The SMILES string of the molecule is Clc1ccc2c(Cl)c3ccc4cnccc4c3nc2c1. The number of halogens is 2. The van der Waals surface area contributed by atoms with Crippen molar-refractivity contribution >= 4 is 55.8 Å². The number of rotatable bonds is 0. The van der Waals surface area contributed by atoms with Crippen molar-refractivity contribution in [2.75, 3.05) is 0 Å². The van der Waals surface area contributed by atoms with Crippen LogP contribution < -0.4 is 0 Å². The highest BCUT2D eigenvalue weighted by atomic mass is 35.5. The Morgan fingerprint density at radius 1 is 0.850 bits per heavy atom. The van der Waals surface area contributed by atoms with Crippen molar-refractivity contribution in [1.29, 1.82) is 0 Å². The molecule has 2 nitrogen and oxygen atoms in total. The maximum atomic E-state index is 6.53. The Morgan fingerprint density at radius 2 is 1.70 bits per heavy atom. The molecule has 4 rings (SSSR count). The van der Waals surface area contributed by atoms with Gasteiger partial charge in [0.05, 0.1) is 16.1 Å². The van der Waals surface area contributed by atoms with Crippen molar-refractivity contribution in [2.24, 2.45) is 0 Å². The lowest BCUT2D eigenvalue weighted by Crippen LogP contribution is -1.87. The minimum absolute atomic E-state index is 0.655. The molecular weight excluding hydrogens is 291 g/mol. The van der Waals surface area contributed by atoms with E-state index in [1.165, 1.54) is 0 Å². The van der Waals surface area contributed by atoms with Crippen LogP contribution in [0.25, 0.3) is 32.6 Å². The number of hydrogen-bond donors (Lipinski definition) is 0. The molecule has 0 spiro atoms. The van der Waals surface area contributed by atoms with Gasteiger partial charge >= 0.3 is 0 Å². The lowest BCUT2D eigenvalue weighted by Gasteiger charge is -2.08. The summed E-state index contributed by atoms with van der Waals surface area (Å²) in [6, 6.07) is 11.5. The van der Waals surface area contributed by atoms with Gasteiger partial charge in [-0.15, -0.1) is 0 Å². The van der Waals surface area contributed by atoms with Gasteiger partial charge in [0, 0.05) is 39.0 Å². The van der Waals surface area contributed by atoms with Gasteiger partial charge in [0.1, 0.15) is 0 Å². The number of aromatic nitrogens is 2. The highest BCUT2D eigenvalue weighted by molar-refractivity contribution is 6.41. The van der Waals surface area contributed by atoms with E-state index in [9.17, 15) is 0 Å². The number of benzene rings is 2. The van der Waals surface area contributed by atoms with Crippen molar-refractivity contribution in [3.8, 4) is 0 Å². The van der Waals surface area contributed by atoms with Crippen molar-refractivity contribution in [1.82, 2.24) is 9.97 Å². The van der Waals surface area contributed by atoms with Crippen LogP contribution in [0.3, 0.4) is 0 Å². The van der Waals surface area contributed by atoms with E-state index in [1.54, 1.807) is 6.20 Å². The van der Waals surface area contributed by atoms with Crippen LogP contribution in [0.2, 0.25) is 10.0 Å². The number of fused-ring (bicyclic) bond motifs is 4. The van der Waals surface area contributed by atoms with Crippen LogP contribution in [0.5, 0.6) is 0 Å². The minimum Gasteiger partial charge on any atom is -0.264 e. The Labute approximate surface area is 125 Å². The topological polar surface area (TPSA) is 25.8 Å². The van der Waals surface area contributed by atoms with E-state index >= 15 is 0 Å². The standard InChI is InChI=1S/C16H8Cl2N2/c17-10-2-4-12-14(7-10)20-16-11-5-6-19-8-9(11)1-3-13(16)15(12)18/h1-8H. The Balaban J connectivity index is 2.29. The molecule has 0 aliphatic carbocycles. The molecular formula is C16H8Cl2N2. The van der Waals surface area contributed by atoms with Crippen LogP contribution in [0, 0.1) is 0 Å². The van der Waals surface area contributed by atoms with Crippen molar-refractivity contribution < 1.29 is 0 Å². The van der Waals surface area contributed by atoms with E-state index in [4.69, 9.17) is 28.2 Å². The van der Waals surface area contributed by atoms with Gasteiger partial charge in [-0.2, -0.15) is 0 Å². The fourth-order valence-corrected chi connectivity index (χ4v) is 2.98. The predicted molar refractivity (Wildman–Crippen MR) is 84.6 cm³/mol. The minimum atomic E-state index is 0.655. The molecule has 0 N–H and O–H groups in total. The Kier molecular flexibility index (Phi) is 2.56. The first-order chi connectivity index (χ1) is 9.74. The van der Waals surface area contributed by atoms with Crippen LogP contribution in [-0.2, 0) is 0 Å². The molecule has 20 heavy (non-hydrogen) atoms. The second kappa shape index (κ2) is 4.30. The van der Waals surface area contributed by atoms with Gasteiger partial charge < -0.3 is 0 Å². The third-order valence-electron chi connectivity index (χ3n) is 3.46. The van der Waals surface area contributed by atoms with Crippen LogP contribution in [0.15, 0.2) is 48.8 Å². The Morgan fingerprint density at radius 3 is 2.60 bits per heavy atom. The highest BCUT2D eigenvalue weighted by Gasteiger charge is 2.10. The summed E-state index contributed by atoms with van der Waals surface area (Å²) in [4.78, 5) is 8.87. The van der Waals surface area contributed by atoms with Gasteiger partial charge in [-0.05, 0) is 24.3 Å². The normalized spacial score (nSPS) is 11.5. The quantitative estimate of drug-likeness (QED) is 0.327. The van der Waals surface area contributed by atoms with E-state index in [0.717, 1.165) is 32.6 Å². The molecule has 2 aromatic heterocycles. The lowest BCUT2D eigenvalue weighted by molar-refractivity contribution is 1.36. The van der Waals surface area contributed by atoms with Gasteiger partial charge in [-0.3, -0.25) is 4.98 Å². The zero-order valence-electron chi connectivity index (χ0n) is 10.3. The predicted octanol–water partition coefficient (Wildman–Crippen LogP) is 5.24. The zero-order chi connectivity index (χ0) is 13.7. The fraction of sp³-hybridized carbons (Fsp3) is 0. The highest BCUT2D eigenvalue weighted by Crippen LogP contribution is 2.34. The van der Waals surface area contributed by atoms with Gasteiger partial charge in [0.2, 0.25) is 0 Å². The summed E-state index contributed by atoms with van der Waals surface area (Å²) in [5, 5.41) is 5.31. The zero-order valence-corrected chi connectivity index (χ0v) is 11.8. The Hall–Kier alpha value is -1.90. The molecule has 0 atom stereocenters. The smallest absolute Gasteiger partial charge is 0.0804 e. The molecule has 4 heteroatoms. The van der Waals surface area contributed by atoms with E-state index in [-0.39, 0.29) is 0 Å². The summed E-state index contributed by atoms with van der Waals surface area (Å²) in [6.07, 6.45) is 3.59. The third kappa shape index (κ3) is 1.65.